The predicted octanol–water partition coefficient (Wildman–Crippen LogP) is 5.02. The summed E-state index contributed by atoms with van der Waals surface area (Å²) in [6, 6.07) is 0. The SMILES string of the molecule is CCOCCCCCCN1CCC(=NO)CC1.CCOCCCCCCN1CCC(=NO)CC1. The summed E-state index contributed by atoms with van der Waals surface area (Å²) in [6.45, 7) is 14.2. The van der Waals surface area contributed by atoms with Crippen LogP contribution in [0.1, 0.15) is 90.9 Å². The maximum Gasteiger partial charge on any atom is 0.0596 e. The molecule has 2 rings (SSSR count). The van der Waals surface area contributed by atoms with Crippen molar-refractivity contribution in [3.63, 3.8) is 0 Å². The minimum atomic E-state index is 0.836. The number of hydrogen-bond acceptors (Lipinski definition) is 8. The lowest BCUT2D eigenvalue weighted by Gasteiger charge is -2.26. The molecular formula is C26H52N4O4. The van der Waals surface area contributed by atoms with Gasteiger partial charge in [0, 0.05) is 78.3 Å². The number of oxime groups is 2. The number of hydrogen-bond donors (Lipinski definition) is 2. The molecule has 0 spiro atoms. The van der Waals surface area contributed by atoms with E-state index in [-0.39, 0.29) is 0 Å². The minimum absolute atomic E-state index is 0.836. The third kappa shape index (κ3) is 16.4. The van der Waals surface area contributed by atoms with Gasteiger partial charge in [0.25, 0.3) is 0 Å². The molecule has 8 nitrogen and oxygen atoms in total. The molecule has 0 radical (unpaired) electrons. The highest BCUT2D eigenvalue weighted by atomic mass is 16.5. The van der Waals surface area contributed by atoms with Gasteiger partial charge in [0.1, 0.15) is 0 Å². The Kier molecular flexibility index (Phi) is 20.2. The van der Waals surface area contributed by atoms with Gasteiger partial charge in [0.15, 0.2) is 0 Å². The van der Waals surface area contributed by atoms with Gasteiger partial charge in [-0.3, -0.25) is 0 Å². The van der Waals surface area contributed by atoms with Gasteiger partial charge in [-0.2, -0.15) is 0 Å². The van der Waals surface area contributed by atoms with Crippen LogP contribution in [0.2, 0.25) is 0 Å². The Bertz CT molecular complexity index is 465. The van der Waals surface area contributed by atoms with Crippen molar-refractivity contribution in [1.29, 1.82) is 0 Å². The first-order valence-electron chi connectivity index (χ1n) is 13.7. The molecule has 0 amide bonds. The van der Waals surface area contributed by atoms with Crippen LogP contribution in [0, 0.1) is 0 Å². The second-order valence-electron chi connectivity index (χ2n) is 9.24. The summed E-state index contributed by atoms with van der Waals surface area (Å²) >= 11 is 0. The van der Waals surface area contributed by atoms with Gasteiger partial charge in [-0.25, -0.2) is 0 Å². The van der Waals surface area contributed by atoms with E-state index in [1.807, 2.05) is 13.8 Å². The van der Waals surface area contributed by atoms with E-state index in [0.717, 1.165) is 89.7 Å². The molecule has 0 saturated carbocycles. The molecule has 2 aliphatic rings. The third-order valence-electron chi connectivity index (χ3n) is 6.58. The number of ether oxygens (including phenoxy) is 2. The van der Waals surface area contributed by atoms with Crippen molar-refractivity contribution in [3.05, 3.63) is 0 Å². The summed E-state index contributed by atoms with van der Waals surface area (Å²) in [5.41, 5.74) is 1.91. The van der Waals surface area contributed by atoms with Crippen LogP contribution >= 0.6 is 0 Å². The van der Waals surface area contributed by atoms with Crippen molar-refractivity contribution in [1.82, 2.24) is 9.80 Å². The molecule has 2 saturated heterocycles. The zero-order chi connectivity index (χ0) is 24.7. The molecule has 0 aromatic carbocycles. The summed E-state index contributed by atoms with van der Waals surface area (Å²) in [7, 11) is 0. The Hall–Kier alpha value is -1.22. The molecule has 2 N–H and O–H groups in total. The summed E-state index contributed by atoms with van der Waals surface area (Å²) < 4.78 is 10.6. The van der Waals surface area contributed by atoms with E-state index in [1.165, 1.54) is 64.5 Å². The molecule has 2 fully saturated rings. The van der Waals surface area contributed by atoms with Crippen molar-refractivity contribution in [3.8, 4) is 0 Å². The zero-order valence-electron chi connectivity index (χ0n) is 22.1. The van der Waals surface area contributed by atoms with Crippen molar-refractivity contribution in [2.75, 3.05) is 65.7 Å². The molecule has 0 aliphatic carbocycles. The molecule has 0 atom stereocenters. The van der Waals surface area contributed by atoms with Crippen molar-refractivity contribution >= 4 is 11.4 Å². The van der Waals surface area contributed by atoms with Gasteiger partial charge in [-0.15, -0.1) is 0 Å². The third-order valence-corrected chi connectivity index (χ3v) is 6.58. The van der Waals surface area contributed by atoms with E-state index in [9.17, 15) is 0 Å². The topological polar surface area (TPSA) is 90.1 Å². The molecule has 34 heavy (non-hydrogen) atoms. The smallest absolute Gasteiger partial charge is 0.0596 e. The lowest BCUT2D eigenvalue weighted by Crippen LogP contribution is -2.34. The summed E-state index contributed by atoms with van der Waals surface area (Å²) in [5, 5.41) is 23.9. The van der Waals surface area contributed by atoms with Crippen LogP contribution in [-0.2, 0) is 9.47 Å². The molecule has 2 aliphatic heterocycles. The molecule has 0 aromatic rings. The molecule has 2 heterocycles. The van der Waals surface area contributed by atoms with Crippen LogP contribution in [-0.4, -0.2) is 97.3 Å². The van der Waals surface area contributed by atoms with E-state index in [2.05, 4.69) is 20.1 Å². The first-order chi connectivity index (χ1) is 16.7. The maximum atomic E-state index is 8.65. The average Bonchev–Trinajstić information content (AvgIpc) is 2.89. The molecular weight excluding hydrogens is 432 g/mol. The van der Waals surface area contributed by atoms with Crippen LogP contribution in [0.4, 0.5) is 0 Å². The highest BCUT2D eigenvalue weighted by Crippen LogP contribution is 2.10. The summed E-state index contributed by atoms with van der Waals surface area (Å²) in [5.74, 6) is 0. The fourth-order valence-electron chi connectivity index (χ4n) is 4.34. The van der Waals surface area contributed by atoms with E-state index in [0.29, 0.717) is 0 Å². The molecule has 8 heteroatoms. The second-order valence-corrected chi connectivity index (χ2v) is 9.24. The highest BCUT2D eigenvalue weighted by Gasteiger charge is 2.15. The van der Waals surface area contributed by atoms with E-state index in [1.54, 1.807) is 0 Å². The Labute approximate surface area is 208 Å². The van der Waals surface area contributed by atoms with E-state index < -0.39 is 0 Å². The largest absolute Gasteiger partial charge is 0.411 e. The average molecular weight is 485 g/mol. The Morgan fingerprint density at radius 1 is 0.588 bits per heavy atom. The van der Waals surface area contributed by atoms with Crippen molar-refractivity contribution in [2.24, 2.45) is 10.3 Å². The number of nitrogens with zero attached hydrogens (tertiary/aromatic N) is 4. The van der Waals surface area contributed by atoms with Crippen LogP contribution in [0.3, 0.4) is 0 Å². The Morgan fingerprint density at radius 3 is 1.26 bits per heavy atom. The minimum Gasteiger partial charge on any atom is -0.411 e. The summed E-state index contributed by atoms with van der Waals surface area (Å²) in [4.78, 5) is 4.94. The number of unbranched alkanes of at least 4 members (excludes halogenated alkanes) is 6. The van der Waals surface area contributed by atoms with Gasteiger partial charge >= 0.3 is 0 Å². The van der Waals surface area contributed by atoms with Gasteiger partial charge < -0.3 is 29.7 Å². The van der Waals surface area contributed by atoms with Crippen molar-refractivity contribution < 1.29 is 19.9 Å². The van der Waals surface area contributed by atoms with Crippen LogP contribution in [0.15, 0.2) is 10.3 Å². The van der Waals surface area contributed by atoms with Gasteiger partial charge in [0.05, 0.1) is 11.4 Å². The number of likely N-dealkylation sites (tertiary alicyclic amines) is 2. The van der Waals surface area contributed by atoms with Gasteiger partial charge in [-0.1, -0.05) is 36.0 Å². The lowest BCUT2D eigenvalue weighted by molar-refractivity contribution is 0.142. The molecule has 0 bridgehead atoms. The summed E-state index contributed by atoms with van der Waals surface area (Å²) in [6.07, 6.45) is 13.8. The molecule has 0 aromatic heterocycles. The maximum absolute atomic E-state index is 8.65. The van der Waals surface area contributed by atoms with Gasteiger partial charge in [-0.05, 0) is 52.6 Å². The Morgan fingerprint density at radius 2 is 0.941 bits per heavy atom. The Balaban J connectivity index is 0.000000340. The van der Waals surface area contributed by atoms with Crippen LogP contribution in [0.25, 0.3) is 0 Å². The van der Waals surface area contributed by atoms with Gasteiger partial charge in [0.2, 0.25) is 0 Å². The lowest BCUT2D eigenvalue weighted by atomic mass is 10.1. The molecule has 200 valence electrons. The normalized spacial score (nSPS) is 17.4. The predicted molar refractivity (Wildman–Crippen MR) is 140 cm³/mol. The number of rotatable bonds is 16. The van der Waals surface area contributed by atoms with E-state index >= 15 is 0 Å². The van der Waals surface area contributed by atoms with E-state index in [4.69, 9.17) is 19.9 Å². The highest BCUT2D eigenvalue weighted by molar-refractivity contribution is 5.85. The monoisotopic (exact) mass is 484 g/mol. The molecule has 0 unspecified atom stereocenters. The quantitative estimate of drug-likeness (QED) is 0.182. The first kappa shape index (κ1) is 30.8. The first-order valence-corrected chi connectivity index (χ1v) is 13.7. The van der Waals surface area contributed by atoms with Crippen LogP contribution in [0.5, 0.6) is 0 Å². The zero-order valence-corrected chi connectivity index (χ0v) is 22.1. The van der Waals surface area contributed by atoms with Crippen molar-refractivity contribution in [2.45, 2.75) is 90.9 Å². The fourth-order valence-corrected chi connectivity index (χ4v) is 4.34. The van der Waals surface area contributed by atoms with Crippen LogP contribution < -0.4 is 0 Å². The fraction of sp³-hybridized carbons (Fsp3) is 0.923. The number of piperidine rings is 2. The second kappa shape index (κ2) is 22.3. The standard InChI is InChI=1S/2C13H26N2O2/c2*1-2-17-12-6-4-3-5-9-15-10-7-13(14-16)8-11-15/h2*16H,2-12H2,1H3.